The van der Waals surface area contributed by atoms with Crippen LogP contribution in [0, 0.1) is 11.3 Å². The van der Waals surface area contributed by atoms with E-state index in [2.05, 4.69) is 39.5 Å². The summed E-state index contributed by atoms with van der Waals surface area (Å²) in [4.78, 5) is 2.58. The van der Waals surface area contributed by atoms with E-state index in [1.807, 2.05) is 0 Å². The van der Waals surface area contributed by atoms with Crippen molar-refractivity contribution < 1.29 is 9.47 Å². The zero-order chi connectivity index (χ0) is 18.3. The van der Waals surface area contributed by atoms with E-state index in [4.69, 9.17) is 9.47 Å². The molecule has 0 aromatic heterocycles. The van der Waals surface area contributed by atoms with E-state index in [1.54, 1.807) is 0 Å². The second-order valence-electron chi connectivity index (χ2n) is 9.01. The summed E-state index contributed by atoms with van der Waals surface area (Å²) in [6.45, 7) is 16.1. The Hall–Kier alpha value is -0.120. The molecule has 1 saturated carbocycles. The largest absolute Gasteiger partial charge is 0.347 e. The summed E-state index contributed by atoms with van der Waals surface area (Å²) in [5.74, 6) is 0.587. The molecule has 1 unspecified atom stereocenters. The number of rotatable bonds is 10. The molecule has 1 saturated heterocycles. The highest BCUT2D eigenvalue weighted by atomic mass is 16.7. The molecular weight excluding hydrogens is 310 g/mol. The number of nitrogens with zero attached hydrogens (tertiary/aromatic N) is 1. The molecule has 25 heavy (non-hydrogen) atoms. The van der Waals surface area contributed by atoms with Crippen molar-refractivity contribution in [3.63, 3.8) is 0 Å². The maximum atomic E-state index is 6.44. The molecule has 0 aromatic rings. The van der Waals surface area contributed by atoms with Gasteiger partial charge in [-0.15, -0.1) is 0 Å². The molecule has 1 spiro atoms. The first-order chi connectivity index (χ1) is 11.9. The van der Waals surface area contributed by atoms with Crippen molar-refractivity contribution in [1.82, 2.24) is 4.90 Å². The second-order valence-corrected chi connectivity index (χ2v) is 9.01. The minimum absolute atomic E-state index is 0.238. The summed E-state index contributed by atoms with van der Waals surface area (Å²) in [6, 6.07) is 0. The van der Waals surface area contributed by atoms with Crippen LogP contribution in [0.1, 0.15) is 92.4 Å². The van der Waals surface area contributed by atoms with Crippen molar-refractivity contribution in [2.75, 3.05) is 26.2 Å². The molecule has 0 N–H and O–H groups in total. The molecule has 148 valence electrons. The number of hydrogen-bond donors (Lipinski definition) is 0. The van der Waals surface area contributed by atoms with E-state index in [0.717, 1.165) is 31.8 Å². The van der Waals surface area contributed by atoms with E-state index in [-0.39, 0.29) is 5.79 Å². The molecule has 3 nitrogen and oxygen atoms in total. The van der Waals surface area contributed by atoms with Crippen LogP contribution in [0.25, 0.3) is 0 Å². The minimum Gasteiger partial charge on any atom is -0.347 e. The van der Waals surface area contributed by atoms with Gasteiger partial charge in [0.1, 0.15) is 0 Å². The highest BCUT2D eigenvalue weighted by molar-refractivity contribution is 4.89. The van der Waals surface area contributed by atoms with Gasteiger partial charge in [-0.05, 0) is 63.1 Å². The van der Waals surface area contributed by atoms with Gasteiger partial charge in [0, 0.05) is 12.8 Å². The molecule has 0 radical (unpaired) electrons. The number of unbranched alkanes of at least 4 members (excludes halogenated alkanes) is 1. The third-order valence-corrected chi connectivity index (χ3v) is 6.95. The van der Waals surface area contributed by atoms with Crippen LogP contribution in [0.3, 0.4) is 0 Å². The van der Waals surface area contributed by atoms with E-state index in [9.17, 15) is 0 Å². The van der Waals surface area contributed by atoms with Crippen molar-refractivity contribution in [3.05, 3.63) is 0 Å². The molecule has 1 aliphatic carbocycles. The summed E-state index contributed by atoms with van der Waals surface area (Å²) < 4.78 is 12.6. The average Bonchev–Trinajstić information content (AvgIpc) is 3.00. The maximum absolute atomic E-state index is 6.44. The Kier molecular flexibility index (Phi) is 8.23. The van der Waals surface area contributed by atoms with Crippen LogP contribution in [0.5, 0.6) is 0 Å². The van der Waals surface area contributed by atoms with Crippen molar-refractivity contribution in [3.8, 4) is 0 Å². The van der Waals surface area contributed by atoms with Crippen molar-refractivity contribution in [2.24, 2.45) is 11.3 Å². The summed E-state index contributed by atoms with van der Waals surface area (Å²) in [7, 11) is 0. The maximum Gasteiger partial charge on any atom is 0.168 e. The van der Waals surface area contributed by atoms with Gasteiger partial charge in [0.15, 0.2) is 5.79 Å². The smallest absolute Gasteiger partial charge is 0.168 e. The first-order valence-electron chi connectivity index (χ1n) is 11.0. The Bertz CT molecular complexity index is 374. The van der Waals surface area contributed by atoms with E-state index in [1.165, 1.54) is 58.2 Å². The minimum atomic E-state index is -0.238. The fraction of sp³-hybridized carbons (Fsp3) is 1.00. The van der Waals surface area contributed by atoms with Crippen molar-refractivity contribution in [2.45, 2.75) is 104 Å². The number of ether oxygens (including phenoxy) is 2. The predicted molar refractivity (Wildman–Crippen MR) is 106 cm³/mol. The summed E-state index contributed by atoms with van der Waals surface area (Å²) >= 11 is 0. The summed E-state index contributed by atoms with van der Waals surface area (Å²) in [5, 5.41) is 0. The molecule has 1 heterocycles. The van der Waals surface area contributed by atoms with Crippen LogP contribution in [0.4, 0.5) is 0 Å². The normalized spacial score (nSPS) is 30.5. The van der Waals surface area contributed by atoms with Crippen LogP contribution in [0.2, 0.25) is 0 Å². The molecule has 2 fully saturated rings. The Balaban J connectivity index is 1.69. The average molecular weight is 354 g/mol. The molecular formula is C22H43NO2. The summed E-state index contributed by atoms with van der Waals surface area (Å²) in [6.07, 6.45) is 11.3. The fourth-order valence-corrected chi connectivity index (χ4v) is 4.50. The predicted octanol–water partition coefficient (Wildman–Crippen LogP) is 5.63. The third-order valence-electron chi connectivity index (χ3n) is 6.95. The van der Waals surface area contributed by atoms with Crippen molar-refractivity contribution >= 4 is 0 Å². The molecule has 0 bridgehead atoms. The van der Waals surface area contributed by atoms with Crippen LogP contribution in [0.15, 0.2) is 0 Å². The van der Waals surface area contributed by atoms with Gasteiger partial charge >= 0.3 is 0 Å². The lowest BCUT2D eigenvalue weighted by atomic mass is 9.68. The fourth-order valence-electron chi connectivity index (χ4n) is 4.50. The molecule has 2 aliphatic rings. The standard InChI is InChI=1S/C22H43NO2/c1-6-9-16-23(8-3)17-10-11-20-18-24-22(25-20)14-12-19(13-15-22)21(4,5)7-2/h19-20H,6-18H2,1-5H3. The molecule has 1 atom stereocenters. The lowest BCUT2D eigenvalue weighted by molar-refractivity contribution is -0.197. The van der Waals surface area contributed by atoms with Gasteiger partial charge < -0.3 is 14.4 Å². The Morgan fingerprint density at radius 2 is 1.72 bits per heavy atom. The second kappa shape index (κ2) is 9.71. The van der Waals surface area contributed by atoms with Gasteiger partial charge in [-0.1, -0.05) is 47.5 Å². The quantitative estimate of drug-likeness (QED) is 0.508. The highest BCUT2D eigenvalue weighted by Crippen LogP contribution is 2.47. The van der Waals surface area contributed by atoms with Crippen LogP contribution in [-0.2, 0) is 9.47 Å². The lowest BCUT2D eigenvalue weighted by Gasteiger charge is -2.42. The zero-order valence-corrected chi connectivity index (χ0v) is 17.6. The van der Waals surface area contributed by atoms with Gasteiger partial charge in [0.25, 0.3) is 0 Å². The molecule has 1 aliphatic heterocycles. The van der Waals surface area contributed by atoms with Crippen molar-refractivity contribution in [1.29, 1.82) is 0 Å². The first kappa shape index (κ1) is 21.2. The third kappa shape index (κ3) is 5.94. The van der Waals surface area contributed by atoms with Gasteiger partial charge in [-0.3, -0.25) is 0 Å². The first-order valence-corrected chi connectivity index (χ1v) is 11.0. The monoisotopic (exact) mass is 353 g/mol. The van der Waals surface area contributed by atoms with Gasteiger partial charge in [-0.25, -0.2) is 0 Å². The molecule has 2 rings (SSSR count). The van der Waals surface area contributed by atoms with Gasteiger partial charge in [-0.2, -0.15) is 0 Å². The van der Waals surface area contributed by atoms with Crippen LogP contribution >= 0.6 is 0 Å². The van der Waals surface area contributed by atoms with E-state index >= 15 is 0 Å². The van der Waals surface area contributed by atoms with Crippen LogP contribution in [-0.4, -0.2) is 43.0 Å². The number of hydrogen-bond acceptors (Lipinski definition) is 3. The zero-order valence-electron chi connectivity index (χ0n) is 17.6. The highest BCUT2D eigenvalue weighted by Gasteiger charge is 2.46. The molecule has 0 aromatic carbocycles. The van der Waals surface area contributed by atoms with E-state index < -0.39 is 0 Å². The van der Waals surface area contributed by atoms with Crippen LogP contribution < -0.4 is 0 Å². The molecule has 3 heteroatoms. The van der Waals surface area contributed by atoms with E-state index in [0.29, 0.717) is 11.5 Å². The lowest BCUT2D eigenvalue weighted by Crippen LogP contribution is -2.39. The summed E-state index contributed by atoms with van der Waals surface area (Å²) in [5.41, 5.74) is 0.460. The Morgan fingerprint density at radius 3 is 2.32 bits per heavy atom. The Labute approximate surface area is 156 Å². The van der Waals surface area contributed by atoms with Gasteiger partial charge in [0.2, 0.25) is 0 Å². The topological polar surface area (TPSA) is 21.7 Å². The molecule has 0 amide bonds. The van der Waals surface area contributed by atoms with Gasteiger partial charge in [0.05, 0.1) is 12.7 Å². The Morgan fingerprint density at radius 1 is 1.04 bits per heavy atom. The SMILES string of the molecule is CCCCN(CC)CCCC1COC2(CCC(C(C)(C)CC)CC2)O1.